The summed E-state index contributed by atoms with van der Waals surface area (Å²) in [5.41, 5.74) is 33.3. The Balaban J connectivity index is 1.12. The van der Waals surface area contributed by atoms with Crippen LogP contribution in [0, 0.1) is 80.6 Å². The lowest BCUT2D eigenvalue weighted by Crippen LogP contribution is -2.03. The molecule has 13 aromatic rings. The number of aryl methyl sites for hydroxylation is 10. The first-order chi connectivity index (χ1) is 38.6. The average Bonchev–Trinajstić information content (AvgIpc) is 3.97. The van der Waals surface area contributed by atoms with Crippen molar-refractivity contribution in [2.45, 2.75) is 69.2 Å². The summed E-state index contributed by atoms with van der Waals surface area (Å²) in [6.07, 6.45) is 0. The SMILES string of the molecule is Cc1cc(C)cc(-c2ccc3c(c2)c2cc(-c4cc(C)cc(C)c4)ccc2n3-c2ccc(-c3ccc(C)cc3C)cc2-c2ccc(C#N)cc2-n2c3ccc(-c4cc(C)cc(C)c4)cc3c3cc(-c4cc(C)cc(C)c4)ccc32)c1. The van der Waals surface area contributed by atoms with E-state index in [1.165, 1.54) is 116 Å². The monoisotopic (exact) mass is 1030 g/mol. The van der Waals surface area contributed by atoms with Crippen LogP contribution in [-0.2, 0) is 0 Å². The Morgan fingerprint density at radius 1 is 0.250 bits per heavy atom. The normalized spacial score (nSPS) is 11.6. The molecule has 0 aliphatic heterocycles. The van der Waals surface area contributed by atoms with Crippen molar-refractivity contribution in [1.82, 2.24) is 9.13 Å². The summed E-state index contributed by atoms with van der Waals surface area (Å²) in [5.74, 6) is 0. The quantitative estimate of drug-likeness (QED) is 0.149. The number of nitrogens with zero attached hydrogens (tertiary/aromatic N) is 3. The number of hydrogen-bond donors (Lipinski definition) is 0. The first kappa shape index (κ1) is 50.0. The topological polar surface area (TPSA) is 33.6 Å². The minimum atomic E-state index is 0.597. The van der Waals surface area contributed by atoms with Gasteiger partial charge in [0.05, 0.1) is 45.1 Å². The van der Waals surface area contributed by atoms with E-state index in [1.54, 1.807) is 0 Å². The van der Waals surface area contributed by atoms with E-state index in [0.29, 0.717) is 5.56 Å². The van der Waals surface area contributed by atoms with Crippen molar-refractivity contribution in [2.24, 2.45) is 0 Å². The summed E-state index contributed by atoms with van der Waals surface area (Å²) in [4.78, 5) is 0. The molecule has 0 saturated heterocycles. The Bertz CT molecular complexity index is 4480. The van der Waals surface area contributed by atoms with Gasteiger partial charge in [-0.25, -0.2) is 0 Å². The van der Waals surface area contributed by atoms with Crippen LogP contribution in [0.5, 0.6) is 0 Å². The van der Waals surface area contributed by atoms with Gasteiger partial charge in [-0.05, 0) is 203 Å². The van der Waals surface area contributed by atoms with E-state index in [1.807, 2.05) is 6.07 Å². The number of fused-ring (bicyclic) bond motifs is 6. The molecular formula is C77H63N3. The van der Waals surface area contributed by atoms with Gasteiger partial charge in [0.1, 0.15) is 0 Å². The highest BCUT2D eigenvalue weighted by Crippen LogP contribution is 2.46. The summed E-state index contributed by atoms with van der Waals surface area (Å²) >= 11 is 0. The lowest BCUT2D eigenvalue weighted by Gasteiger charge is -2.20. The molecule has 0 aliphatic carbocycles. The van der Waals surface area contributed by atoms with Crippen LogP contribution < -0.4 is 0 Å². The highest BCUT2D eigenvalue weighted by atomic mass is 15.0. The zero-order chi connectivity index (χ0) is 55.2. The Hall–Kier alpha value is -9.49. The van der Waals surface area contributed by atoms with E-state index in [4.69, 9.17) is 0 Å². The zero-order valence-electron chi connectivity index (χ0n) is 47.4. The maximum atomic E-state index is 10.9. The highest BCUT2D eigenvalue weighted by molar-refractivity contribution is 6.14. The molecule has 3 nitrogen and oxygen atoms in total. The van der Waals surface area contributed by atoms with Crippen molar-refractivity contribution in [3.05, 3.63) is 261 Å². The summed E-state index contributed by atoms with van der Waals surface area (Å²) in [6.45, 7) is 21.8. The molecule has 0 spiro atoms. The number of aromatic nitrogens is 2. The minimum Gasteiger partial charge on any atom is -0.309 e. The molecule has 0 fully saturated rings. The van der Waals surface area contributed by atoms with Crippen molar-refractivity contribution >= 4 is 43.6 Å². The number of benzene rings is 11. The van der Waals surface area contributed by atoms with Crippen LogP contribution in [0.25, 0.3) is 122 Å². The molecular weight excluding hydrogens is 967 g/mol. The number of nitriles is 1. The van der Waals surface area contributed by atoms with Gasteiger partial charge >= 0.3 is 0 Å². The van der Waals surface area contributed by atoms with Gasteiger partial charge in [-0.3, -0.25) is 0 Å². The Morgan fingerprint density at radius 3 is 0.963 bits per heavy atom. The maximum Gasteiger partial charge on any atom is 0.0992 e. The predicted molar refractivity (Wildman–Crippen MR) is 340 cm³/mol. The van der Waals surface area contributed by atoms with Crippen LogP contribution >= 0.6 is 0 Å². The van der Waals surface area contributed by atoms with E-state index in [9.17, 15) is 5.26 Å². The Labute approximate surface area is 470 Å². The fourth-order valence-electron chi connectivity index (χ4n) is 13.1. The third-order valence-corrected chi connectivity index (χ3v) is 16.3. The van der Waals surface area contributed by atoms with Gasteiger partial charge in [0.15, 0.2) is 0 Å². The lowest BCUT2D eigenvalue weighted by atomic mass is 9.92. The van der Waals surface area contributed by atoms with Gasteiger partial charge in [-0.15, -0.1) is 0 Å². The summed E-state index contributed by atoms with van der Waals surface area (Å²) in [6, 6.07) is 77.9. The molecule has 0 unspecified atom stereocenters. The molecule has 0 atom stereocenters. The van der Waals surface area contributed by atoms with Crippen LogP contribution in [0.15, 0.2) is 200 Å². The summed E-state index contributed by atoms with van der Waals surface area (Å²) in [7, 11) is 0. The van der Waals surface area contributed by atoms with Gasteiger partial charge in [-0.1, -0.05) is 177 Å². The highest BCUT2D eigenvalue weighted by Gasteiger charge is 2.24. The van der Waals surface area contributed by atoms with Crippen molar-refractivity contribution in [3.8, 4) is 84.2 Å². The van der Waals surface area contributed by atoms with Gasteiger partial charge in [-0.2, -0.15) is 5.26 Å². The van der Waals surface area contributed by atoms with E-state index in [-0.39, 0.29) is 0 Å². The van der Waals surface area contributed by atoms with E-state index in [2.05, 4.69) is 279 Å². The Kier molecular flexibility index (Phi) is 12.2. The van der Waals surface area contributed by atoms with E-state index < -0.39 is 0 Å². The van der Waals surface area contributed by atoms with Gasteiger partial charge in [0, 0.05) is 32.7 Å². The van der Waals surface area contributed by atoms with Gasteiger partial charge < -0.3 is 9.13 Å². The van der Waals surface area contributed by atoms with Crippen molar-refractivity contribution in [1.29, 1.82) is 5.26 Å². The molecule has 3 heteroatoms. The maximum absolute atomic E-state index is 10.9. The number of rotatable bonds is 8. The molecule has 0 saturated carbocycles. The molecule has 0 amide bonds. The van der Waals surface area contributed by atoms with Gasteiger partial charge in [0.2, 0.25) is 0 Å². The molecule has 0 N–H and O–H groups in total. The molecule has 13 rings (SSSR count). The van der Waals surface area contributed by atoms with Crippen molar-refractivity contribution < 1.29 is 0 Å². The second-order valence-electron chi connectivity index (χ2n) is 23.0. The molecule has 0 bridgehead atoms. The smallest absolute Gasteiger partial charge is 0.0992 e. The minimum absolute atomic E-state index is 0.597. The largest absolute Gasteiger partial charge is 0.309 e. The fraction of sp³-hybridized carbons (Fsp3) is 0.130. The second-order valence-corrected chi connectivity index (χ2v) is 23.0. The van der Waals surface area contributed by atoms with Crippen molar-refractivity contribution in [2.75, 3.05) is 0 Å². The average molecular weight is 1030 g/mol. The van der Waals surface area contributed by atoms with Crippen molar-refractivity contribution in [3.63, 3.8) is 0 Å². The zero-order valence-corrected chi connectivity index (χ0v) is 47.4. The van der Waals surface area contributed by atoms with Crippen LogP contribution in [0.3, 0.4) is 0 Å². The summed E-state index contributed by atoms with van der Waals surface area (Å²) < 4.78 is 4.91. The molecule has 2 aromatic heterocycles. The van der Waals surface area contributed by atoms with E-state index in [0.717, 1.165) is 60.9 Å². The number of hydrogen-bond acceptors (Lipinski definition) is 1. The standard InChI is InChI=1S/C77H63N3/c1-45-11-18-65(54(10)29-45)60-17-24-72(79-73-20-13-56(61-30-46(2)25-47(3)31-61)39-68(73)69-40-57(14-21-74(69)79)62-32-48(4)26-49(5)33-62)67(43-60)66-19-12-55(44-78)38-77(66)80-75-22-15-58(63-34-50(6)27-51(7)35-63)41-70(75)71-42-59(16-23-76(71)80)64-36-52(8)28-53(9)37-64/h11-43H,1-10H3. The molecule has 2 heterocycles. The molecule has 80 heavy (non-hydrogen) atoms. The lowest BCUT2D eigenvalue weighted by molar-refractivity contribution is 1.16. The van der Waals surface area contributed by atoms with Crippen LogP contribution in [-0.4, -0.2) is 9.13 Å². The third-order valence-electron chi connectivity index (χ3n) is 16.3. The van der Waals surface area contributed by atoms with Crippen LogP contribution in [0.1, 0.15) is 61.2 Å². The molecule has 0 radical (unpaired) electrons. The first-order valence-electron chi connectivity index (χ1n) is 27.9. The Morgan fingerprint density at radius 2 is 0.600 bits per heavy atom. The second kappa shape index (κ2) is 19.5. The van der Waals surface area contributed by atoms with E-state index >= 15 is 0 Å². The van der Waals surface area contributed by atoms with Crippen LogP contribution in [0.2, 0.25) is 0 Å². The molecule has 11 aromatic carbocycles. The fourth-order valence-corrected chi connectivity index (χ4v) is 13.1. The van der Waals surface area contributed by atoms with Gasteiger partial charge in [0.25, 0.3) is 0 Å². The molecule has 0 aliphatic rings. The molecule has 386 valence electrons. The predicted octanol–water partition coefficient (Wildman–Crippen LogP) is 20.8. The first-order valence-corrected chi connectivity index (χ1v) is 27.9. The third kappa shape index (κ3) is 8.88. The summed E-state index contributed by atoms with van der Waals surface area (Å²) in [5, 5.41) is 15.5. The van der Waals surface area contributed by atoms with Crippen LogP contribution in [0.4, 0.5) is 0 Å².